The number of ether oxygens (including phenoxy) is 1. The van der Waals surface area contributed by atoms with Gasteiger partial charge in [0.2, 0.25) is 5.91 Å². The number of carbonyl (C=O) groups is 1. The lowest BCUT2D eigenvalue weighted by Gasteiger charge is -2.35. The number of amides is 1. The molecular formula is C31H30F2N6O3. The van der Waals surface area contributed by atoms with Crippen LogP contribution in [0.25, 0.3) is 28.0 Å². The molecule has 0 aliphatic carbocycles. The third kappa shape index (κ3) is 4.68. The van der Waals surface area contributed by atoms with E-state index in [0.717, 1.165) is 0 Å². The monoisotopic (exact) mass is 572 g/mol. The summed E-state index contributed by atoms with van der Waals surface area (Å²) in [4.78, 5) is 43.5. The van der Waals surface area contributed by atoms with Crippen LogP contribution in [-0.2, 0) is 4.79 Å². The minimum Gasteiger partial charge on any atom is -0.493 e. The molecule has 1 atom stereocenters. The molecule has 216 valence electrons. The number of hydrogen-bond acceptors (Lipinski definition) is 7. The first-order valence-corrected chi connectivity index (χ1v) is 13.9. The van der Waals surface area contributed by atoms with Gasteiger partial charge in [-0.05, 0) is 42.7 Å². The molecule has 9 nitrogen and oxygen atoms in total. The summed E-state index contributed by atoms with van der Waals surface area (Å²) in [6.45, 7) is 9.19. The van der Waals surface area contributed by atoms with Gasteiger partial charge in [-0.2, -0.15) is 4.98 Å². The number of aliphatic imine (C=N–C) groups is 1. The van der Waals surface area contributed by atoms with Crippen molar-refractivity contribution in [3.63, 3.8) is 0 Å². The molecule has 1 aromatic carbocycles. The molecule has 1 fully saturated rings. The van der Waals surface area contributed by atoms with Gasteiger partial charge in [-0.15, -0.1) is 0 Å². The van der Waals surface area contributed by atoms with Gasteiger partial charge in [-0.3, -0.25) is 9.79 Å². The summed E-state index contributed by atoms with van der Waals surface area (Å²) in [5.74, 6) is -1.63. The molecular weight excluding hydrogens is 542 g/mol. The molecule has 1 saturated heterocycles. The molecule has 1 unspecified atom stereocenters. The van der Waals surface area contributed by atoms with E-state index in [2.05, 4.69) is 21.5 Å². The number of nitrogens with zero attached hydrogens (tertiary/aromatic N) is 6. The van der Waals surface area contributed by atoms with Gasteiger partial charge in [-0.25, -0.2) is 23.1 Å². The van der Waals surface area contributed by atoms with Crippen LogP contribution < -0.4 is 15.3 Å². The molecule has 3 aliphatic heterocycles. The van der Waals surface area contributed by atoms with Crippen molar-refractivity contribution < 1.29 is 18.3 Å². The van der Waals surface area contributed by atoms with Crippen LogP contribution in [0.3, 0.4) is 0 Å². The highest BCUT2D eigenvalue weighted by atomic mass is 19.1. The molecule has 2 bridgehead atoms. The van der Waals surface area contributed by atoms with Gasteiger partial charge in [0.25, 0.3) is 0 Å². The molecule has 1 amide bonds. The molecule has 42 heavy (non-hydrogen) atoms. The second-order valence-electron chi connectivity index (χ2n) is 10.7. The predicted molar refractivity (Wildman–Crippen MR) is 157 cm³/mol. The van der Waals surface area contributed by atoms with Crippen molar-refractivity contribution in [2.75, 3.05) is 37.7 Å². The minimum atomic E-state index is -0.779. The van der Waals surface area contributed by atoms with Crippen molar-refractivity contribution >= 4 is 34.7 Å². The van der Waals surface area contributed by atoms with E-state index < -0.39 is 17.3 Å². The van der Waals surface area contributed by atoms with Gasteiger partial charge < -0.3 is 14.5 Å². The Bertz CT molecular complexity index is 1750. The van der Waals surface area contributed by atoms with Gasteiger partial charge in [-0.1, -0.05) is 32.6 Å². The van der Waals surface area contributed by atoms with E-state index in [1.807, 2.05) is 30.9 Å². The fourth-order valence-electron chi connectivity index (χ4n) is 5.77. The normalized spacial score (nSPS) is 18.5. The second kappa shape index (κ2) is 11.0. The Kier molecular flexibility index (Phi) is 7.17. The summed E-state index contributed by atoms with van der Waals surface area (Å²) in [6, 6.07) is 5.57. The maximum atomic E-state index is 16.0. The number of carbonyl (C=O) groups excluding carboxylic acids is 1. The van der Waals surface area contributed by atoms with Crippen molar-refractivity contribution in [1.82, 2.24) is 19.4 Å². The van der Waals surface area contributed by atoms with Gasteiger partial charge in [0, 0.05) is 38.3 Å². The zero-order chi connectivity index (χ0) is 29.5. The number of hydrogen-bond donors (Lipinski definition) is 0. The molecule has 2 aromatic heterocycles. The summed E-state index contributed by atoms with van der Waals surface area (Å²) >= 11 is 0. The number of aromatic nitrogens is 3. The highest BCUT2D eigenvalue weighted by molar-refractivity contribution is 5.92. The summed E-state index contributed by atoms with van der Waals surface area (Å²) in [7, 11) is 0. The van der Waals surface area contributed by atoms with E-state index in [-0.39, 0.29) is 52.8 Å². The molecule has 11 heteroatoms. The number of pyridine rings is 1. The van der Waals surface area contributed by atoms with Crippen molar-refractivity contribution in [3.8, 4) is 17.0 Å². The lowest BCUT2D eigenvalue weighted by molar-refractivity contribution is -0.126. The van der Waals surface area contributed by atoms with Crippen LogP contribution in [0.4, 0.5) is 14.6 Å². The van der Waals surface area contributed by atoms with Gasteiger partial charge in [0.15, 0.2) is 11.5 Å². The van der Waals surface area contributed by atoms with Gasteiger partial charge >= 0.3 is 5.69 Å². The molecule has 5 heterocycles. The van der Waals surface area contributed by atoms with Crippen molar-refractivity contribution in [2.24, 2.45) is 16.8 Å². The zero-order valence-corrected chi connectivity index (χ0v) is 23.4. The third-order valence-electron chi connectivity index (χ3n) is 7.81. The Morgan fingerprint density at radius 2 is 1.93 bits per heavy atom. The molecule has 3 aromatic rings. The molecule has 0 N–H and O–H groups in total. The topological polar surface area (TPSA) is 92.9 Å². The first-order chi connectivity index (χ1) is 20.3. The van der Waals surface area contributed by atoms with Crippen LogP contribution in [0, 0.1) is 23.5 Å². The number of halogens is 2. The van der Waals surface area contributed by atoms with Gasteiger partial charge in [0.1, 0.15) is 23.1 Å². The molecule has 6 rings (SSSR count). The molecule has 3 aliphatic rings. The van der Waals surface area contributed by atoms with Crippen molar-refractivity contribution in [3.05, 3.63) is 76.9 Å². The van der Waals surface area contributed by atoms with Crippen molar-refractivity contribution in [1.29, 1.82) is 0 Å². The minimum absolute atomic E-state index is 0.0728. The largest absolute Gasteiger partial charge is 0.493 e. The van der Waals surface area contributed by atoms with Crippen LogP contribution in [0.15, 0.2) is 64.6 Å². The summed E-state index contributed by atoms with van der Waals surface area (Å²) in [5, 5.41) is 0.295. The smallest absolute Gasteiger partial charge is 0.355 e. The number of fused-ring (bicyclic) bond motifs is 5. The van der Waals surface area contributed by atoms with Crippen LogP contribution in [-0.4, -0.2) is 64.3 Å². The first kappa shape index (κ1) is 27.5. The molecule has 0 spiro atoms. The van der Waals surface area contributed by atoms with Crippen LogP contribution in [0.1, 0.15) is 20.3 Å². The fourth-order valence-corrected chi connectivity index (χ4v) is 5.77. The maximum Gasteiger partial charge on any atom is 0.355 e. The molecule has 0 saturated carbocycles. The average molecular weight is 573 g/mol. The van der Waals surface area contributed by atoms with E-state index in [1.54, 1.807) is 17.2 Å². The van der Waals surface area contributed by atoms with E-state index >= 15 is 8.78 Å². The number of piperazine rings is 1. The Labute approximate surface area is 241 Å². The lowest BCUT2D eigenvalue weighted by atomic mass is 9.95. The molecule has 0 radical (unpaired) electrons. The van der Waals surface area contributed by atoms with Crippen LogP contribution in [0.2, 0.25) is 0 Å². The predicted octanol–water partition coefficient (Wildman–Crippen LogP) is 4.44. The summed E-state index contributed by atoms with van der Waals surface area (Å²) in [6.07, 6.45) is 7.15. The Hall–Kier alpha value is -4.67. The standard InChI is InChI=1S/C31H30F2N6O3/c1-4-24(40)37-12-14-38(15-13-37)29-20-17-22(33)27-25-21(32)8-5-9-23(25)42-16-10-19-7-6-11-34-26(18(2)3)28(19)39(30(20)35-27)31(41)36-29/h4-9,11,17-19H,1,10,12-16H2,2-3H3. The van der Waals surface area contributed by atoms with E-state index in [4.69, 9.17) is 4.74 Å². The number of allylic oxidation sites excluding steroid dienone is 4. The van der Waals surface area contributed by atoms with Crippen LogP contribution in [0.5, 0.6) is 5.75 Å². The van der Waals surface area contributed by atoms with Gasteiger partial charge in [0.05, 0.1) is 29.0 Å². The van der Waals surface area contributed by atoms with E-state index in [0.29, 0.717) is 49.4 Å². The number of benzene rings is 1. The summed E-state index contributed by atoms with van der Waals surface area (Å²) in [5.41, 5.74) is 0.399. The fraction of sp³-hybridized carbons (Fsp3) is 0.323. The Morgan fingerprint density at radius 3 is 2.67 bits per heavy atom. The van der Waals surface area contributed by atoms with Crippen LogP contribution >= 0.6 is 0 Å². The third-order valence-corrected chi connectivity index (χ3v) is 7.81. The highest BCUT2D eigenvalue weighted by Crippen LogP contribution is 2.39. The second-order valence-corrected chi connectivity index (χ2v) is 10.7. The SMILES string of the molecule is C=CC(=O)N1CCN(c2nc(=O)n3c4nc(c(F)cc24)-c2c(F)cccc2OCCC2C=CC=NC(C(C)C)=C23)CC1. The number of anilines is 1. The highest BCUT2D eigenvalue weighted by Gasteiger charge is 2.31. The maximum absolute atomic E-state index is 16.0. The van der Waals surface area contributed by atoms with E-state index in [9.17, 15) is 9.59 Å². The average Bonchev–Trinajstić information content (AvgIpc) is 3.20. The van der Waals surface area contributed by atoms with E-state index in [1.165, 1.54) is 28.8 Å². The summed E-state index contributed by atoms with van der Waals surface area (Å²) < 4.78 is 38.7. The van der Waals surface area contributed by atoms with Crippen molar-refractivity contribution in [2.45, 2.75) is 20.3 Å². The zero-order valence-electron chi connectivity index (χ0n) is 23.4. The first-order valence-electron chi connectivity index (χ1n) is 13.9. The number of rotatable bonds is 3. The lowest BCUT2D eigenvalue weighted by Crippen LogP contribution is -2.49. The quantitative estimate of drug-likeness (QED) is 0.431. The Balaban J connectivity index is 1.66. The Morgan fingerprint density at radius 1 is 1.14 bits per heavy atom.